The van der Waals surface area contributed by atoms with E-state index in [1.165, 1.54) is 30.1 Å². The maximum Gasteiger partial charge on any atom is 0.264 e. The Kier molecular flexibility index (Phi) is 9.47. The maximum absolute atomic E-state index is 13.7. The zero-order chi connectivity index (χ0) is 27.3. The Balaban J connectivity index is 2.05. The molecule has 3 aromatic carbocycles. The molecule has 11 heteroatoms. The van der Waals surface area contributed by atoms with E-state index in [4.69, 9.17) is 34.8 Å². The van der Waals surface area contributed by atoms with Crippen molar-refractivity contribution in [2.24, 2.45) is 0 Å². The van der Waals surface area contributed by atoms with E-state index in [1.54, 1.807) is 55.5 Å². The zero-order valence-electron chi connectivity index (χ0n) is 20.4. The molecule has 0 aromatic heterocycles. The lowest BCUT2D eigenvalue weighted by molar-refractivity contribution is -0.139. The molecule has 3 rings (SSSR count). The third-order valence-electron chi connectivity index (χ3n) is 5.76. The van der Waals surface area contributed by atoms with Crippen LogP contribution in [0.2, 0.25) is 15.1 Å². The fraction of sp³-hybridized carbons (Fsp3) is 0.231. The van der Waals surface area contributed by atoms with Gasteiger partial charge in [-0.05, 0) is 55.8 Å². The molecular weight excluding hydrogens is 557 g/mol. The first-order valence-electron chi connectivity index (χ1n) is 11.2. The lowest BCUT2D eigenvalue weighted by atomic mass is 10.1. The number of rotatable bonds is 9. The second-order valence-corrected chi connectivity index (χ2v) is 11.4. The molecule has 7 nitrogen and oxygen atoms in total. The number of anilines is 1. The van der Waals surface area contributed by atoms with Gasteiger partial charge in [-0.3, -0.25) is 13.9 Å². The summed E-state index contributed by atoms with van der Waals surface area (Å²) in [5.74, 6) is -1.03. The molecule has 196 valence electrons. The number of nitrogens with zero attached hydrogens (tertiary/aromatic N) is 2. The minimum Gasteiger partial charge on any atom is -0.357 e. The van der Waals surface area contributed by atoms with Crippen molar-refractivity contribution in [1.82, 2.24) is 10.2 Å². The first kappa shape index (κ1) is 28.8. The van der Waals surface area contributed by atoms with Gasteiger partial charge in [0, 0.05) is 13.6 Å². The van der Waals surface area contributed by atoms with Gasteiger partial charge in [0.05, 0.1) is 25.7 Å². The molecule has 0 radical (unpaired) electrons. The molecule has 0 spiro atoms. The molecular formula is C26H26Cl3N3O4S. The van der Waals surface area contributed by atoms with Crippen LogP contribution in [0.25, 0.3) is 0 Å². The van der Waals surface area contributed by atoms with Crippen molar-refractivity contribution in [3.8, 4) is 0 Å². The van der Waals surface area contributed by atoms with Gasteiger partial charge in [0.2, 0.25) is 11.8 Å². The third-order valence-corrected chi connectivity index (χ3v) is 8.59. The zero-order valence-corrected chi connectivity index (χ0v) is 23.5. The molecule has 0 saturated heterocycles. The van der Waals surface area contributed by atoms with Gasteiger partial charge < -0.3 is 10.2 Å². The standard InChI is InChI=1S/C26H26Cl3N3O4S/c1-17-8-11-20(12-9-17)37(35,36)32(24-7-5-4-6-22(24)28)16-25(33)31(18(2)26(34)30-3)15-19-10-13-21(27)23(29)14-19/h4-14,18H,15-16H2,1-3H3,(H,30,34)/t18-/m0/s1. The number of carbonyl (C=O) groups excluding carboxylic acids is 2. The second kappa shape index (κ2) is 12.2. The SMILES string of the molecule is CNC(=O)[C@H](C)N(Cc1ccc(Cl)c(Cl)c1)C(=O)CN(c1ccccc1Cl)S(=O)(=O)c1ccc(C)cc1. The Hall–Kier alpha value is -2.78. The molecule has 0 bridgehead atoms. The monoisotopic (exact) mass is 581 g/mol. The number of carbonyl (C=O) groups is 2. The number of hydrogen-bond acceptors (Lipinski definition) is 4. The summed E-state index contributed by atoms with van der Waals surface area (Å²) in [5, 5.41) is 3.32. The Morgan fingerprint density at radius 1 is 0.919 bits per heavy atom. The third kappa shape index (κ3) is 6.76. The smallest absolute Gasteiger partial charge is 0.264 e. The molecule has 0 aliphatic rings. The van der Waals surface area contributed by atoms with Gasteiger partial charge in [0.25, 0.3) is 10.0 Å². The van der Waals surface area contributed by atoms with Crippen molar-refractivity contribution >= 4 is 62.3 Å². The van der Waals surface area contributed by atoms with E-state index < -0.39 is 34.4 Å². The fourth-order valence-electron chi connectivity index (χ4n) is 3.63. The molecule has 37 heavy (non-hydrogen) atoms. The van der Waals surface area contributed by atoms with E-state index in [0.717, 1.165) is 9.87 Å². The average Bonchev–Trinajstić information content (AvgIpc) is 2.87. The maximum atomic E-state index is 13.7. The number of hydrogen-bond donors (Lipinski definition) is 1. The van der Waals surface area contributed by atoms with E-state index in [1.807, 2.05) is 6.92 Å². The average molecular weight is 583 g/mol. The summed E-state index contributed by atoms with van der Waals surface area (Å²) in [4.78, 5) is 27.5. The van der Waals surface area contributed by atoms with Crippen molar-refractivity contribution < 1.29 is 18.0 Å². The van der Waals surface area contributed by atoms with Gasteiger partial charge >= 0.3 is 0 Å². The lowest BCUT2D eigenvalue weighted by Gasteiger charge is -2.32. The molecule has 0 aliphatic carbocycles. The van der Waals surface area contributed by atoms with Crippen LogP contribution in [-0.4, -0.2) is 44.8 Å². The molecule has 0 unspecified atom stereocenters. The molecule has 3 aromatic rings. The second-order valence-electron chi connectivity index (χ2n) is 8.34. The molecule has 1 atom stereocenters. The largest absolute Gasteiger partial charge is 0.357 e. The number of aryl methyl sites for hydroxylation is 1. The molecule has 0 aliphatic heterocycles. The quantitative estimate of drug-likeness (QED) is 0.370. The van der Waals surface area contributed by atoms with Gasteiger partial charge in [-0.2, -0.15) is 0 Å². The predicted octanol–water partition coefficient (Wildman–Crippen LogP) is 5.31. The van der Waals surface area contributed by atoms with E-state index >= 15 is 0 Å². The first-order valence-corrected chi connectivity index (χ1v) is 13.8. The summed E-state index contributed by atoms with van der Waals surface area (Å²) >= 11 is 18.5. The van der Waals surface area contributed by atoms with Gasteiger partial charge in [0.15, 0.2) is 0 Å². The molecule has 0 heterocycles. The number of benzene rings is 3. The van der Waals surface area contributed by atoms with Crippen LogP contribution >= 0.6 is 34.8 Å². The van der Waals surface area contributed by atoms with Crippen molar-refractivity contribution in [2.75, 3.05) is 17.9 Å². The Labute approximate surface area is 232 Å². The highest BCUT2D eigenvalue weighted by Gasteiger charge is 2.33. The Morgan fingerprint density at radius 2 is 1.57 bits per heavy atom. The van der Waals surface area contributed by atoms with Crippen LogP contribution in [0.15, 0.2) is 71.6 Å². The highest BCUT2D eigenvalue weighted by Crippen LogP contribution is 2.31. The molecule has 0 saturated carbocycles. The van der Waals surface area contributed by atoms with Gasteiger partial charge in [-0.1, -0.05) is 70.7 Å². The molecule has 1 N–H and O–H groups in total. The normalized spacial score (nSPS) is 12.1. The van der Waals surface area contributed by atoms with Gasteiger partial charge in [-0.15, -0.1) is 0 Å². The summed E-state index contributed by atoms with van der Waals surface area (Å²) < 4.78 is 28.4. The van der Waals surface area contributed by atoms with Crippen molar-refractivity contribution in [1.29, 1.82) is 0 Å². The number of likely N-dealkylation sites (N-methyl/N-ethyl adjacent to an activating group) is 1. The fourth-order valence-corrected chi connectivity index (χ4v) is 5.67. The first-order chi connectivity index (χ1) is 17.4. The highest BCUT2D eigenvalue weighted by molar-refractivity contribution is 7.92. The minimum atomic E-state index is -4.20. The summed E-state index contributed by atoms with van der Waals surface area (Å²) in [7, 11) is -2.74. The van der Waals surface area contributed by atoms with Crippen LogP contribution in [0.4, 0.5) is 5.69 Å². The summed E-state index contributed by atoms with van der Waals surface area (Å²) in [6, 6.07) is 16.6. The summed E-state index contributed by atoms with van der Waals surface area (Å²) in [5.41, 5.74) is 1.64. The van der Waals surface area contributed by atoms with Gasteiger partial charge in [-0.25, -0.2) is 8.42 Å². The molecule has 2 amide bonds. The van der Waals surface area contributed by atoms with Crippen LogP contribution in [0, 0.1) is 6.92 Å². The van der Waals surface area contributed by atoms with Crippen molar-refractivity contribution in [3.63, 3.8) is 0 Å². The van der Waals surface area contributed by atoms with Crippen molar-refractivity contribution in [2.45, 2.75) is 31.3 Å². The number of nitrogens with one attached hydrogen (secondary N) is 1. The molecule has 0 fully saturated rings. The van der Waals surface area contributed by atoms with Crippen LogP contribution in [0.5, 0.6) is 0 Å². The van der Waals surface area contributed by atoms with Crippen LogP contribution in [-0.2, 0) is 26.2 Å². The topological polar surface area (TPSA) is 86.8 Å². The summed E-state index contributed by atoms with van der Waals surface area (Å²) in [6.45, 7) is 2.79. The number of sulfonamides is 1. The van der Waals surface area contributed by atoms with Crippen LogP contribution in [0.3, 0.4) is 0 Å². The summed E-state index contributed by atoms with van der Waals surface area (Å²) in [6.07, 6.45) is 0. The lowest BCUT2D eigenvalue weighted by Crippen LogP contribution is -2.50. The highest BCUT2D eigenvalue weighted by atomic mass is 35.5. The van der Waals surface area contributed by atoms with Crippen LogP contribution in [0.1, 0.15) is 18.1 Å². The minimum absolute atomic E-state index is 0.00111. The predicted molar refractivity (Wildman–Crippen MR) is 148 cm³/mol. The van der Waals surface area contributed by atoms with Gasteiger partial charge in [0.1, 0.15) is 12.6 Å². The number of para-hydroxylation sites is 1. The van der Waals surface area contributed by atoms with Crippen LogP contribution < -0.4 is 9.62 Å². The van der Waals surface area contributed by atoms with E-state index in [2.05, 4.69) is 5.32 Å². The Bertz CT molecular complexity index is 1400. The Morgan fingerprint density at radius 3 is 2.16 bits per heavy atom. The van der Waals surface area contributed by atoms with E-state index in [0.29, 0.717) is 15.6 Å². The van der Waals surface area contributed by atoms with E-state index in [9.17, 15) is 18.0 Å². The van der Waals surface area contributed by atoms with Crippen molar-refractivity contribution in [3.05, 3.63) is 92.9 Å². The van der Waals surface area contributed by atoms with E-state index in [-0.39, 0.29) is 22.2 Å². The number of halogens is 3. The number of amides is 2.